The van der Waals surface area contributed by atoms with E-state index in [1.54, 1.807) is 0 Å². The molecular weight excluding hydrogens is 352 g/mol. The Morgan fingerprint density at radius 1 is 0.857 bits per heavy atom. The van der Waals surface area contributed by atoms with Crippen molar-refractivity contribution in [2.45, 2.75) is 129 Å². The fraction of sp³-hybridized carbons (Fsp3) is 0.958. The van der Waals surface area contributed by atoms with Crippen molar-refractivity contribution in [2.75, 3.05) is 19.8 Å². The Balaban J connectivity index is 1.77. The molecule has 0 N–H and O–H groups in total. The Morgan fingerprint density at radius 3 is 1.93 bits per heavy atom. The predicted octanol–water partition coefficient (Wildman–Crippen LogP) is 6.60. The summed E-state index contributed by atoms with van der Waals surface area (Å²) in [6.45, 7) is 8.08. The zero-order chi connectivity index (χ0) is 20.5. The highest BCUT2D eigenvalue weighted by atomic mass is 16.7. The highest BCUT2D eigenvalue weighted by molar-refractivity contribution is 5.78. The van der Waals surface area contributed by atoms with Crippen molar-refractivity contribution < 1.29 is 19.0 Å². The van der Waals surface area contributed by atoms with Crippen molar-refractivity contribution in [1.29, 1.82) is 0 Å². The van der Waals surface area contributed by atoms with Crippen LogP contribution < -0.4 is 0 Å². The summed E-state index contributed by atoms with van der Waals surface area (Å²) < 4.78 is 16.9. The van der Waals surface area contributed by atoms with Gasteiger partial charge in [-0.1, -0.05) is 71.1 Å². The summed E-state index contributed by atoms with van der Waals surface area (Å²) in [5, 5.41) is 0. The molecule has 166 valence electrons. The van der Waals surface area contributed by atoms with Crippen molar-refractivity contribution in [3.8, 4) is 0 Å². The SMILES string of the molecule is CCCCCCCCCCCCC(=O)CCCCCOC[C@H]1COC(C)(C)O1. The minimum absolute atomic E-state index is 0.0534. The topological polar surface area (TPSA) is 44.8 Å². The molecule has 0 radical (unpaired) electrons. The zero-order valence-corrected chi connectivity index (χ0v) is 18.9. The van der Waals surface area contributed by atoms with Crippen LogP contribution in [0.4, 0.5) is 0 Å². The fourth-order valence-electron chi connectivity index (χ4n) is 3.70. The number of Topliss-reactive ketones (excluding diaryl/α,β-unsaturated/α-hetero) is 1. The van der Waals surface area contributed by atoms with Gasteiger partial charge in [0, 0.05) is 19.4 Å². The molecule has 0 amide bonds. The van der Waals surface area contributed by atoms with Gasteiger partial charge < -0.3 is 14.2 Å². The largest absolute Gasteiger partial charge is 0.379 e. The maximum Gasteiger partial charge on any atom is 0.163 e. The highest BCUT2D eigenvalue weighted by Gasteiger charge is 2.32. The average Bonchev–Trinajstić information content (AvgIpc) is 3.01. The van der Waals surface area contributed by atoms with E-state index in [-0.39, 0.29) is 6.10 Å². The Hall–Kier alpha value is -0.450. The van der Waals surface area contributed by atoms with Crippen LogP contribution in [0.2, 0.25) is 0 Å². The maximum atomic E-state index is 11.9. The van der Waals surface area contributed by atoms with Gasteiger partial charge in [0.15, 0.2) is 5.79 Å². The summed E-state index contributed by atoms with van der Waals surface area (Å²) in [5.74, 6) is -0.0259. The van der Waals surface area contributed by atoms with Crippen molar-refractivity contribution >= 4 is 5.78 Å². The fourth-order valence-corrected chi connectivity index (χ4v) is 3.70. The van der Waals surface area contributed by atoms with Crippen molar-refractivity contribution in [1.82, 2.24) is 0 Å². The maximum absolute atomic E-state index is 11.9. The Kier molecular flexibility index (Phi) is 14.9. The van der Waals surface area contributed by atoms with Crippen LogP contribution in [0.3, 0.4) is 0 Å². The molecule has 0 unspecified atom stereocenters. The van der Waals surface area contributed by atoms with E-state index in [0.29, 0.717) is 19.0 Å². The van der Waals surface area contributed by atoms with Crippen LogP contribution in [0.5, 0.6) is 0 Å². The summed E-state index contributed by atoms with van der Waals surface area (Å²) in [4.78, 5) is 11.9. The molecule has 4 heteroatoms. The van der Waals surface area contributed by atoms with Crippen molar-refractivity contribution in [3.63, 3.8) is 0 Å². The minimum Gasteiger partial charge on any atom is -0.379 e. The van der Waals surface area contributed by atoms with Gasteiger partial charge in [0.2, 0.25) is 0 Å². The number of hydrogen-bond acceptors (Lipinski definition) is 4. The second-order valence-corrected chi connectivity index (χ2v) is 8.81. The second kappa shape index (κ2) is 16.4. The Labute approximate surface area is 174 Å². The van der Waals surface area contributed by atoms with Crippen molar-refractivity contribution in [3.05, 3.63) is 0 Å². The molecule has 0 aromatic heterocycles. The van der Waals surface area contributed by atoms with Gasteiger partial charge in [0.1, 0.15) is 11.9 Å². The monoisotopic (exact) mass is 398 g/mol. The van der Waals surface area contributed by atoms with Gasteiger partial charge in [-0.25, -0.2) is 0 Å². The summed E-state index contributed by atoms with van der Waals surface area (Å²) in [6, 6.07) is 0. The molecule has 0 saturated carbocycles. The van der Waals surface area contributed by atoms with Gasteiger partial charge in [-0.2, -0.15) is 0 Å². The Morgan fingerprint density at radius 2 is 1.39 bits per heavy atom. The smallest absolute Gasteiger partial charge is 0.163 e. The average molecular weight is 399 g/mol. The van der Waals surface area contributed by atoms with Gasteiger partial charge in [-0.3, -0.25) is 4.79 Å². The van der Waals surface area contributed by atoms with Crippen LogP contribution in [0.1, 0.15) is 117 Å². The van der Waals surface area contributed by atoms with E-state index in [1.165, 1.54) is 57.8 Å². The number of rotatable bonds is 19. The van der Waals surface area contributed by atoms with E-state index in [4.69, 9.17) is 14.2 Å². The highest BCUT2D eigenvalue weighted by Crippen LogP contribution is 2.22. The first-order chi connectivity index (χ1) is 13.5. The first kappa shape index (κ1) is 25.6. The van der Waals surface area contributed by atoms with Gasteiger partial charge in [0.25, 0.3) is 0 Å². The number of carbonyl (C=O) groups is 1. The van der Waals surface area contributed by atoms with E-state index >= 15 is 0 Å². The van der Waals surface area contributed by atoms with E-state index < -0.39 is 5.79 Å². The third kappa shape index (κ3) is 14.5. The van der Waals surface area contributed by atoms with Crippen LogP contribution >= 0.6 is 0 Å². The summed E-state index contributed by atoms with van der Waals surface area (Å²) in [5.41, 5.74) is 0. The minimum atomic E-state index is -0.470. The van der Waals surface area contributed by atoms with Crippen LogP contribution in [0.15, 0.2) is 0 Å². The molecule has 1 atom stereocenters. The third-order valence-corrected chi connectivity index (χ3v) is 5.42. The molecule has 1 aliphatic rings. The van der Waals surface area contributed by atoms with Gasteiger partial charge >= 0.3 is 0 Å². The van der Waals surface area contributed by atoms with Gasteiger partial charge in [-0.05, 0) is 33.1 Å². The lowest BCUT2D eigenvalue weighted by Crippen LogP contribution is -2.24. The molecule has 1 aliphatic heterocycles. The van der Waals surface area contributed by atoms with E-state index in [1.807, 2.05) is 13.8 Å². The second-order valence-electron chi connectivity index (χ2n) is 8.81. The molecule has 28 heavy (non-hydrogen) atoms. The van der Waals surface area contributed by atoms with Crippen LogP contribution in [0, 0.1) is 0 Å². The van der Waals surface area contributed by atoms with E-state index in [9.17, 15) is 4.79 Å². The lowest BCUT2D eigenvalue weighted by molar-refractivity contribution is -0.145. The van der Waals surface area contributed by atoms with Crippen LogP contribution in [0.25, 0.3) is 0 Å². The number of hydrogen-bond donors (Lipinski definition) is 0. The Bertz CT molecular complexity index is 381. The number of ether oxygens (including phenoxy) is 3. The molecule has 1 heterocycles. The number of unbranched alkanes of at least 4 members (excludes halogenated alkanes) is 11. The molecule has 1 rings (SSSR count). The molecule has 1 saturated heterocycles. The van der Waals surface area contributed by atoms with Gasteiger partial charge in [-0.15, -0.1) is 0 Å². The van der Waals surface area contributed by atoms with E-state index in [0.717, 1.165) is 45.1 Å². The quantitative estimate of drug-likeness (QED) is 0.230. The first-order valence-electron chi connectivity index (χ1n) is 11.9. The lowest BCUT2D eigenvalue weighted by atomic mass is 10.0. The summed E-state index contributed by atoms with van der Waals surface area (Å²) in [6.07, 6.45) is 17.9. The molecule has 4 nitrogen and oxygen atoms in total. The normalized spacial score (nSPS) is 18.6. The van der Waals surface area contributed by atoms with E-state index in [2.05, 4.69) is 6.92 Å². The molecule has 0 aromatic rings. The lowest BCUT2D eigenvalue weighted by Gasteiger charge is -2.17. The van der Waals surface area contributed by atoms with Crippen LogP contribution in [-0.4, -0.2) is 37.5 Å². The molecule has 0 aliphatic carbocycles. The molecule has 0 bridgehead atoms. The molecule has 1 fully saturated rings. The summed E-state index contributed by atoms with van der Waals surface area (Å²) >= 11 is 0. The standard InChI is InChI=1S/C24H46O4/c1-4-5-6-7-8-9-10-11-12-14-17-22(25)18-15-13-16-19-26-20-23-21-27-24(2,3)28-23/h23H,4-21H2,1-3H3/t23-/m0/s1. The molecule has 0 aromatic carbocycles. The van der Waals surface area contributed by atoms with Gasteiger partial charge in [0.05, 0.1) is 13.2 Å². The third-order valence-electron chi connectivity index (χ3n) is 5.42. The molecule has 0 spiro atoms. The molecular formula is C24H46O4. The summed E-state index contributed by atoms with van der Waals surface area (Å²) in [7, 11) is 0. The zero-order valence-electron chi connectivity index (χ0n) is 18.9. The van der Waals surface area contributed by atoms with Crippen molar-refractivity contribution in [2.24, 2.45) is 0 Å². The first-order valence-corrected chi connectivity index (χ1v) is 11.9. The number of ketones is 1. The number of carbonyl (C=O) groups excluding carboxylic acids is 1. The predicted molar refractivity (Wildman–Crippen MR) is 116 cm³/mol. The van der Waals surface area contributed by atoms with Crippen LogP contribution in [-0.2, 0) is 19.0 Å².